The summed E-state index contributed by atoms with van der Waals surface area (Å²) in [4.78, 5) is 11.8. The predicted molar refractivity (Wildman–Crippen MR) is 97.3 cm³/mol. The summed E-state index contributed by atoms with van der Waals surface area (Å²) in [7, 11) is 0. The van der Waals surface area contributed by atoms with Gasteiger partial charge in [-0.1, -0.05) is 11.6 Å². The van der Waals surface area contributed by atoms with E-state index in [1.165, 1.54) is 0 Å². The van der Waals surface area contributed by atoms with Gasteiger partial charge in [-0.05, 0) is 57.6 Å². The molecule has 0 aliphatic rings. The van der Waals surface area contributed by atoms with Gasteiger partial charge in [0.05, 0.1) is 23.3 Å². The summed E-state index contributed by atoms with van der Waals surface area (Å²) in [5.41, 5.74) is 0.986. The first-order valence-corrected chi connectivity index (χ1v) is 8.35. The summed E-state index contributed by atoms with van der Waals surface area (Å²) in [5, 5.41) is 6.93. The van der Waals surface area contributed by atoms with Crippen molar-refractivity contribution in [3.63, 3.8) is 0 Å². The van der Waals surface area contributed by atoms with Crippen molar-refractivity contribution in [3.05, 3.63) is 28.8 Å². The minimum atomic E-state index is -0.453. The van der Waals surface area contributed by atoms with Crippen LogP contribution in [0, 0.1) is 0 Å². The van der Waals surface area contributed by atoms with Gasteiger partial charge >= 0.3 is 5.97 Å². The molecule has 0 heterocycles. The average Bonchev–Trinajstić information content (AvgIpc) is 2.48. The van der Waals surface area contributed by atoms with Crippen LogP contribution in [0.25, 0.3) is 0 Å². The Hall–Kier alpha value is -1.37. The molecule has 0 unspecified atom stereocenters. The van der Waals surface area contributed by atoms with E-state index in [1.807, 2.05) is 13.8 Å². The number of nitrogens with one attached hydrogen (secondary N) is 2. The Balaban J connectivity index is 2.48. The van der Waals surface area contributed by atoms with Crippen molar-refractivity contribution in [3.8, 4) is 0 Å². The molecular formula is C16H23ClN2O3S. The van der Waals surface area contributed by atoms with Gasteiger partial charge in [0.2, 0.25) is 0 Å². The summed E-state index contributed by atoms with van der Waals surface area (Å²) < 4.78 is 10.4. The van der Waals surface area contributed by atoms with Crippen LogP contribution < -0.4 is 10.6 Å². The number of carbonyl (C=O) groups excluding carboxylic acids is 1. The molecule has 1 aromatic rings. The molecule has 0 aliphatic carbocycles. The predicted octanol–water partition coefficient (Wildman–Crippen LogP) is 3.62. The second-order valence-corrected chi connectivity index (χ2v) is 5.88. The third kappa shape index (κ3) is 7.63. The number of thiocarbonyl (C=S) groups is 1. The molecule has 1 rings (SSSR count). The van der Waals surface area contributed by atoms with Crippen molar-refractivity contribution in [2.45, 2.75) is 33.3 Å². The van der Waals surface area contributed by atoms with Gasteiger partial charge in [-0.2, -0.15) is 0 Å². The minimum Gasteiger partial charge on any atom is -0.462 e. The molecule has 1 aromatic carbocycles. The molecule has 0 bridgehead atoms. The van der Waals surface area contributed by atoms with E-state index in [0.717, 1.165) is 6.42 Å². The molecule has 7 heteroatoms. The van der Waals surface area contributed by atoms with E-state index in [0.29, 0.717) is 41.1 Å². The van der Waals surface area contributed by atoms with Crippen LogP contribution >= 0.6 is 23.8 Å². The van der Waals surface area contributed by atoms with Crippen LogP contribution in [0.5, 0.6) is 0 Å². The quantitative estimate of drug-likeness (QED) is 0.420. The number of rotatable bonds is 8. The first-order valence-electron chi connectivity index (χ1n) is 7.57. The largest absolute Gasteiger partial charge is 0.462 e. The second kappa shape index (κ2) is 10.4. The van der Waals surface area contributed by atoms with Gasteiger partial charge in [-0.15, -0.1) is 0 Å². The normalized spacial score (nSPS) is 10.5. The zero-order valence-corrected chi connectivity index (χ0v) is 15.2. The number of hydrogen-bond donors (Lipinski definition) is 2. The minimum absolute atomic E-state index is 0.232. The SMILES string of the molecule is CCOC(=O)c1cc(NC(=S)NCCCOC(C)C)ccc1Cl. The first kappa shape index (κ1) is 19.7. The second-order valence-electron chi connectivity index (χ2n) is 5.07. The maximum atomic E-state index is 11.8. The van der Waals surface area contributed by atoms with Crippen LogP contribution in [-0.4, -0.2) is 36.9 Å². The van der Waals surface area contributed by atoms with Gasteiger partial charge in [0.15, 0.2) is 5.11 Å². The highest BCUT2D eigenvalue weighted by molar-refractivity contribution is 7.80. The smallest absolute Gasteiger partial charge is 0.339 e. The number of ether oxygens (including phenoxy) is 2. The van der Waals surface area contributed by atoms with Crippen LogP contribution in [0.3, 0.4) is 0 Å². The Morgan fingerprint density at radius 1 is 1.39 bits per heavy atom. The van der Waals surface area contributed by atoms with E-state index >= 15 is 0 Å². The van der Waals surface area contributed by atoms with Gasteiger partial charge in [0, 0.05) is 18.8 Å². The van der Waals surface area contributed by atoms with Gasteiger partial charge in [0.1, 0.15) is 0 Å². The van der Waals surface area contributed by atoms with E-state index in [9.17, 15) is 4.79 Å². The molecule has 0 saturated carbocycles. The fourth-order valence-corrected chi connectivity index (χ4v) is 2.15. The molecule has 0 fully saturated rings. The molecule has 0 radical (unpaired) electrons. The van der Waals surface area contributed by atoms with E-state index in [2.05, 4.69) is 10.6 Å². The molecule has 2 N–H and O–H groups in total. The molecule has 5 nitrogen and oxygen atoms in total. The van der Waals surface area contributed by atoms with Crippen molar-refractivity contribution >= 4 is 40.6 Å². The summed E-state index contributed by atoms with van der Waals surface area (Å²) in [6, 6.07) is 5.01. The number of carbonyl (C=O) groups is 1. The van der Waals surface area contributed by atoms with E-state index in [4.69, 9.17) is 33.3 Å². The zero-order chi connectivity index (χ0) is 17.2. The molecule has 0 aromatic heterocycles. The molecule has 0 atom stereocenters. The van der Waals surface area contributed by atoms with Crippen LogP contribution in [0.1, 0.15) is 37.6 Å². The third-order valence-electron chi connectivity index (χ3n) is 2.78. The fraction of sp³-hybridized carbons (Fsp3) is 0.500. The fourth-order valence-electron chi connectivity index (χ4n) is 1.74. The van der Waals surface area contributed by atoms with Gasteiger partial charge in [-0.3, -0.25) is 0 Å². The summed E-state index contributed by atoms with van der Waals surface area (Å²) in [6.45, 7) is 7.43. The van der Waals surface area contributed by atoms with Crippen LogP contribution in [-0.2, 0) is 9.47 Å². The van der Waals surface area contributed by atoms with Crippen molar-refractivity contribution in [1.82, 2.24) is 5.32 Å². The highest BCUT2D eigenvalue weighted by Crippen LogP contribution is 2.21. The van der Waals surface area contributed by atoms with E-state index in [-0.39, 0.29) is 6.10 Å². The molecular weight excluding hydrogens is 336 g/mol. The van der Waals surface area contributed by atoms with Crippen molar-refractivity contribution in [1.29, 1.82) is 0 Å². The zero-order valence-electron chi connectivity index (χ0n) is 13.6. The Bertz CT molecular complexity index is 538. The molecule has 23 heavy (non-hydrogen) atoms. The van der Waals surface area contributed by atoms with Crippen molar-refractivity contribution < 1.29 is 14.3 Å². The lowest BCUT2D eigenvalue weighted by molar-refractivity contribution is 0.0526. The van der Waals surface area contributed by atoms with Gasteiger partial charge in [-0.25, -0.2) is 4.79 Å². The maximum absolute atomic E-state index is 11.8. The highest BCUT2D eigenvalue weighted by atomic mass is 35.5. The Kier molecular flexibility index (Phi) is 8.91. The van der Waals surface area contributed by atoms with Gasteiger partial charge in [0.25, 0.3) is 0 Å². The molecule has 128 valence electrons. The average molecular weight is 359 g/mol. The van der Waals surface area contributed by atoms with Crippen LogP contribution in [0.2, 0.25) is 5.02 Å². The van der Waals surface area contributed by atoms with E-state index < -0.39 is 5.97 Å². The molecule has 0 saturated heterocycles. The third-order valence-corrected chi connectivity index (χ3v) is 3.35. The highest BCUT2D eigenvalue weighted by Gasteiger charge is 2.12. The topological polar surface area (TPSA) is 59.6 Å². The Morgan fingerprint density at radius 2 is 2.13 bits per heavy atom. The standard InChI is InChI=1S/C16H23ClN2O3S/c1-4-21-15(20)13-10-12(6-7-14(13)17)19-16(23)18-8-5-9-22-11(2)3/h6-7,10-11H,4-5,8-9H2,1-3H3,(H2,18,19,23). The molecule has 0 amide bonds. The van der Waals surface area contributed by atoms with Crippen molar-refractivity contribution in [2.24, 2.45) is 0 Å². The number of benzene rings is 1. The van der Waals surface area contributed by atoms with Crippen LogP contribution in [0.15, 0.2) is 18.2 Å². The monoisotopic (exact) mass is 358 g/mol. The summed E-state index contributed by atoms with van der Waals surface area (Å²) in [5.74, 6) is -0.453. The first-order chi connectivity index (χ1) is 10.9. The Morgan fingerprint density at radius 3 is 2.78 bits per heavy atom. The van der Waals surface area contributed by atoms with Crippen LogP contribution in [0.4, 0.5) is 5.69 Å². The maximum Gasteiger partial charge on any atom is 0.339 e. The van der Waals surface area contributed by atoms with E-state index in [1.54, 1.807) is 25.1 Å². The lowest BCUT2D eigenvalue weighted by Gasteiger charge is -2.12. The number of anilines is 1. The van der Waals surface area contributed by atoms with Crippen molar-refractivity contribution in [2.75, 3.05) is 25.1 Å². The number of esters is 1. The summed E-state index contributed by atoms with van der Waals surface area (Å²) in [6.07, 6.45) is 1.09. The number of halogens is 1. The molecule has 0 aliphatic heterocycles. The lowest BCUT2D eigenvalue weighted by Crippen LogP contribution is -2.30. The van der Waals surface area contributed by atoms with Gasteiger partial charge < -0.3 is 20.1 Å². The summed E-state index contributed by atoms with van der Waals surface area (Å²) >= 11 is 11.2. The Labute approximate surface area is 147 Å². The lowest BCUT2D eigenvalue weighted by atomic mass is 10.2. The molecule has 0 spiro atoms. The number of hydrogen-bond acceptors (Lipinski definition) is 4.